The molecule has 0 spiro atoms. The first kappa shape index (κ1) is 72.8. The Morgan fingerprint density at radius 1 is 0.210 bits per heavy atom. The van der Waals surface area contributed by atoms with Crippen LogP contribution >= 0.6 is 0 Å². The summed E-state index contributed by atoms with van der Waals surface area (Å²) in [7, 11) is 0. The summed E-state index contributed by atoms with van der Waals surface area (Å²) in [6, 6.07) is 64.1. The molecule has 119 heavy (non-hydrogen) atoms. The van der Waals surface area contributed by atoms with E-state index in [4.69, 9.17) is 14.2 Å². The van der Waals surface area contributed by atoms with E-state index in [1.54, 1.807) is 103 Å². The Morgan fingerprint density at radius 3 is 0.983 bits per heavy atom. The average Bonchev–Trinajstić information content (AvgIpc) is 1.50. The number of phenols is 18. The Bertz CT molecular complexity index is 6410. The van der Waals surface area contributed by atoms with Crippen molar-refractivity contribution in [3.05, 3.63) is 372 Å². The number of aromatic hydroxyl groups is 18. The van der Waals surface area contributed by atoms with Crippen molar-refractivity contribution in [2.45, 2.75) is 83.4 Å². The first-order chi connectivity index (χ1) is 57.4. The summed E-state index contributed by atoms with van der Waals surface area (Å²) in [6.45, 7) is 0. The average molecular weight is 1590 g/mol. The van der Waals surface area contributed by atoms with Crippen molar-refractivity contribution in [3.8, 4) is 121 Å². The fourth-order valence-electron chi connectivity index (χ4n) is 21.0. The molecule has 0 fully saturated rings. The van der Waals surface area contributed by atoms with Crippen LogP contribution in [-0.2, 0) is 0 Å². The van der Waals surface area contributed by atoms with E-state index < -0.39 is 101 Å². The zero-order valence-electron chi connectivity index (χ0n) is 62.6. The van der Waals surface area contributed by atoms with E-state index in [-0.39, 0.29) is 131 Å². The van der Waals surface area contributed by atoms with Gasteiger partial charge in [-0.25, -0.2) is 0 Å². The molecule has 592 valence electrons. The Kier molecular flexibility index (Phi) is 16.7. The summed E-state index contributed by atoms with van der Waals surface area (Å²) in [6.07, 6.45) is -3.36. The summed E-state index contributed by atoms with van der Waals surface area (Å²) >= 11 is 0. The maximum Gasteiger partial charge on any atom is 0.135 e. The van der Waals surface area contributed by atoms with Gasteiger partial charge in [-0.2, -0.15) is 0 Å². The van der Waals surface area contributed by atoms with Gasteiger partial charge in [0.15, 0.2) is 0 Å². The third kappa shape index (κ3) is 11.7. The largest absolute Gasteiger partial charge is 0.508 e. The number of hydrogen-bond donors (Lipinski definition) is 18. The van der Waals surface area contributed by atoms with E-state index in [0.29, 0.717) is 89.0 Å². The maximum atomic E-state index is 15.8. The molecular weight excluding hydrogens is 1510 g/mol. The molecule has 14 aromatic carbocycles. The van der Waals surface area contributed by atoms with Crippen LogP contribution < -0.4 is 14.2 Å². The lowest BCUT2D eigenvalue weighted by Crippen LogP contribution is -2.22. The van der Waals surface area contributed by atoms with E-state index in [0.717, 1.165) is 0 Å². The van der Waals surface area contributed by atoms with Gasteiger partial charge in [-0.05, 0) is 211 Å². The second kappa shape index (κ2) is 27.3. The first-order valence-electron chi connectivity index (χ1n) is 38.7. The molecule has 6 aliphatic rings. The fourth-order valence-corrected chi connectivity index (χ4v) is 21.0. The normalized spacial score (nSPS) is 22.1. The molecule has 14 atom stereocenters. The van der Waals surface area contributed by atoms with Crippen molar-refractivity contribution in [1.29, 1.82) is 0 Å². The van der Waals surface area contributed by atoms with Crippen molar-refractivity contribution < 1.29 is 106 Å². The fraction of sp³-hybridized carbons (Fsp3) is 0.143. The molecule has 20 rings (SSSR count). The van der Waals surface area contributed by atoms with E-state index in [1.807, 2.05) is 0 Å². The van der Waals surface area contributed by atoms with Crippen LogP contribution in [0.4, 0.5) is 0 Å². The van der Waals surface area contributed by atoms with Gasteiger partial charge in [-0.15, -0.1) is 0 Å². The van der Waals surface area contributed by atoms with Gasteiger partial charge in [-0.3, -0.25) is 0 Å². The minimum absolute atomic E-state index is 0.0175. The van der Waals surface area contributed by atoms with Gasteiger partial charge in [0.2, 0.25) is 0 Å². The molecule has 0 radical (unpaired) electrons. The second-order valence-corrected chi connectivity index (χ2v) is 31.9. The van der Waals surface area contributed by atoms with Crippen molar-refractivity contribution >= 4 is 0 Å². The van der Waals surface area contributed by atoms with Crippen LogP contribution in [-0.4, -0.2) is 91.9 Å². The van der Waals surface area contributed by atoms with Gasteiger partial charge >= 0.3 is 0 Å². The molecule has 3 aliphatic heterocycles. The SMILES string of the molecule is Oc1ccc(C2c3c(O)cc(O)cc3[C@H]3c4c(c([C@H](c5ccc(O)cc5)[C@@H]5c6cc(O)cc(O)c6[C@H](c6ccc(O)cc6)[C@H]5c5cc(O)cc6c5[C@@H](c5cc(O)cc(O)c5)[C@H](c5ccc(O)cc5)O6)c(O)c5c4C2[C@@H](c2ccc(O)cc2)[C@@H]5c2cc(O)cc4c2[C@@H](c2cc(O)cc(O)c2)[C@H](c2ccc(O)cc2)O4)O[C@@H]3c2ccc(O)cc2)cc1. The zero-order chi connectivity index (χ0) is 82.2. The van der Waals surface area contributed by atoms with Crippen molar-refractivity contribution in [3.63, 3.8) is 0 Å². The highest BCUT2D eigenvalue weighted by Gasteiger charge is 2.61. The van der Waals surface area contributed by atoms with Gasteiger partial charge in [-0.1, -0.05) is 84.9 Å². The topological polar surface area (TPSA) is 392 Å². The lowest BCUT2D eigenvalue weighted by molar-refractivity contribution is 0.218. The Morgan fingerprint density at radius 2 is 0.546 bits per heavy atom. The third-order valence-corrected chi connectivity index (χ3v) is 25.3. The highest BCUT2D eigenvalue weighted by Crippen LogP contribution is 2.76. The predicted molar refractivity (Wildman–Crippen MR) is 434 cm³/mol. The van der Waals surface area contributed by atoms with Crippen LogP contribution in [0.2, 0.25) is 0 Å². The number of ether oxygens (including phenoxy) is 3. The van der Waals surface area contributed by atoms with Gasteiger partial charge in [0, 0.05) is 123 Å². The molecule has 0 aromatic heterocycles. The molecule has 21 heteroatoms. The lowest BCUT2D eigenvalue weighted by atomic mass is 9.66. The van der Waals surface area contributed by atoms with Gasteiger partial charge < -0.3 is 106 Å². The molecule has 2 unspecified atom stereocenters. The van der Waals surface area contributed by atoms with Crippen LogP contribution in [0.25, 0.3) is 0 Å². The van der Waals surface area contributed by atoms with Crippen LogP contribution in [0.15, 0.2) is 255 Å². The molecule has 3 heterocycles. The highest BCUT2D eigenvalue weighted by molar-refractivity contribution is 5.79. The quantitative estimate of drug-likeness (QED) is 0.0510. The van der Waals surface area contributed by atoms with Gasteiger partial charge in [0.05, 0.1) is 17.8 Å². The maximum absolute atomic E-state index is 15.8. The number of rotatable bonds is 13. The molecule has 18 N–H and O–H groups in total. The van der Waals surface area contributed by atoms with Gasteiger partial charge in [0.25, 0.3) is 0 Å². The van der Waals surface area contributed by atoms with Crippen LogP contribution in [0.5, 0.6) is 121 Å². The molecular formula is C98H74O21. The zero-order valence-corrected chi connectivity index (χ0v) is 62.6. The number of benzene rings is 14. The smallest absolute Gasteiger partial charge is 0.135 e. The summed E-state index contributed by atoms with van der Waals surface area (Å²) in [4.78, 5) is 0. The lowest BCUT2D eigenvalue weighted by Gasteiger charge is -2.36. The third-order valence-electron chi connectivity index (χ3n) is 25.3. The van der Waals surface area contributed by atoms with E-state index >= 15 is 5.11 Å². The summed E-state index contributed by atoms with van der Waals surface area (Å²) in [5, 5.41) is 218. The standard InChI is InChI=1S/C98H74O21/c99-52-15-1-43(2-16-52)75-81-67(35-63(110)39-71(81)114)85(86(75)69-37-65(112)41-73-83(69)79(50-29-59(106)33-60(107)30-50)95(117-73)47-9-23-56(103)24-10-47)78(46-7-21-55(102)22-8-46)93-94(116)91-87(70-38-66(113)42-74-84(70)80(51-31-61(108)34-62(109)32-51)96(118-74)48-11-25-57(104)26-12-48)77(45-5-19-54(101)20-6-45)89-76(44-3-17-53(100)18-4-44)82-68(36-64(111)40-72(82)115)88-92(90(89)91)98(93)119-97(88)49-13-27-58(105)28-14-49/h1-42,75-80,85-89,95-97,99-116H/t75-,76?,77-,78+,79+,80+,85-,86+,87-,88-,89?,95-,96-,97+/m0/s1. The van der Waals surface area contributed by atoms with Gasteiger partial charge in [0.1, 0.15) is 139 Å². The van der Waals surface area contributed by atoms with Crippen molar-refractivity contribution in [1.82, 2.24) is 0 Å². The predicted octanol–water partition coefficient (Wildman–Crippen LogP) is 18.2. The molecule has 21 nitrogen and oxygen atoms in total. The van der Waals surface area contributed by atoms with E-state index in [9.17, 15) is 86.8 Å². The Labute approximate surface area is 678 Å². The molecule has 0 bridgehead atoms. The van der Waals surface area contributed by atoms with E-state index in [2.05, 4.69) is 0 Å². The van der Waals surface area contributed by atoms with E-state index in [1.165, 1.54) is 152 Å². The minimum Gasteiger partial charge on any atom is -0.508 e. The Balaban J connectivity index is 0.968. The highest BCUT2D eigenvalue weighted by atomic mass is 16.5. The second-order valence-electron chi connectivity index (χ2n) is 31.9. The minimum atomic E-state index is -1.45. The number of phenolic OH excluding ortho intramolecular Hbond substituents is 18. The summed E-state index contributed by atoms with van der Waals surface area (Å²) in [5.41, 5.74) is 7.42. The molecule has 0 amide bonds. The van der Waals surface area contributed by atoms with Crippen molar-refractivity contribution in [2.24, 2.45) is 0 Å². The summed E-state index contributed by atoms with van der Waals surface area (Å²) in [5.74, 6) is -17.4. The number of hydrogen-bond acceptors (Lipinski definition) is 21. The molecule has 0 saturated heterocycles. The number of fused-ring (bicyclic) bond motifs is 5. The monoisotopic (exact) mass is 1590 g/mol. The molecule has 3 aliphatic carbocycles. The van der Waals surface area contributed by atoms with Crippen molar-refractivity contribution in [2.75, 3.05) is 0 Å². The van der Waals surface area contributed by atoms with Crippen LogP contribution in [0.3, 0.4) is 0 Å². The molecule has 14 aromatic rings. The molecule has 0 saturated carbocycles. The Hall–Kier alpha value is -15.1. The van der Waals surface area contributed by atoms with Crippen LogP contribution in [0.1, 0.15) is 200 Å². The van der Waals surface area contributed by atoms with Crippen LogP contribution in [0, 0.1) is 0 Å². The summed E-state index contributed by atoms with van der Waals surface area (Å²) < 4.78 is 22.2. The first-order valence-corrected chi connectivity index (χ1v) is 38.7.